The third kappa shape index (κ3) is 9.75. The first kappa shape index (κ1) is 52.3. The third-order valence-electron chi connectivity index (χ3n) is 13.3. The van der Waals surface area contributed by atoms with Crippen LogP contribution in [-0.4, -0.2) is 136 Å². The molecule has 0 aliphatic heterocycles. The Balaban J connectivity index is 1.59. The summed E-state index contributed by atoms with van der Waals surface area (Å²) in [5.74, 6) is -4.45. The van der Waals surface area contributed by atoms with Crippen molar-refractivity contribution in [2.45, 2.75) is 130 Å². The van der Waals surface area contributed by atoms with Gasteiger partial charge in [-0.3, -0.25) is 9.35 Å². The lowest BCUT2D eigenvalue weighted by molar-refractivity contribution is -0.279. The van der Waals surface area contributed by atoms with Crippen LogP contribution in [0.5, 0.6) is 0 Å². The second-order valence-corrected chi connectivity index (χ2v) is 19.3. The van der Waals surface area contributed by atoms with E-state index in [9.17, 15) is 32.1 Å². The molecule has 1 N–H and O–H groups in total. The Bertz CT molecular complexity index is 2490. The summed E-state index contributed by atoms with van der Waals surface area (Å²) in [5, 5.41) is -5.00. The van der Waals surface area contributed by atoms with Gasteiger partial charge in [0.05, 0.1) is 92.7 Å². The fourth-order valence-electron chi connectivity index (χ4n) is 10.8. The minimum atomic E-state index is -6.14. The summed E-state index contributed by atoms with van der Waals surface area (Å²) in [6.07, 6.45) is -6.21. The SMILES string of the molecule is [B]Cc1cc(C[B])c(C[B])c(C(=O)OC23CC4(OC(=O)c5cc(C[B])cc(C[B])c5C[B])CC(OC(=O)c5c(C[B])ccc(C[B])c5C[B])(C2)CC(C(=O)OC(C)C(F)(F)S(=O)(=O)O)(C3)C4)c1. The molecule has 4 fully saturated rings. The van der Waals surface area contributed by atoms with Crippen LogP contribution in [0.1, 0.15) is 127 Å². The van der Waals surface area contributed by atoms with E-state index in [4.69, 9.17) is 89.6 Å². The molecule has 3 aromatic rings. The van der Waals surface area contributed by atoms with Crippen molar-refractivity contribution in [1.29, 1.82) is 0 Å². The fourth-order valence-corrected chi connectivity index (χ4v) is 11.3. The highest BCUT2D eigenvalue weighted by molar-refractivity contribution is 7.86. The Kier molecular flexibility index (Phi) is 15.4. The van der Waals surface area contributed by atoms with Crippen molar-refractivity contribution < 1.29 is 59.9 Å². The molecule has 4 bridgehead atoms. The van der Waals surface area contributed by atoms with Gasteiger partial charge < -0.3 is 18.9 Å². The molecule has 4 aliphatic rings. The maximum absolute atomic E-state index is 15.1. The highest BCUT2D eigenvalue weighted by Gasteiger charge is 2.76. The Morgan fingerprint density at radius 1 is 0.582 bits per heavy atom. The molecule has 3 aromatic carbocycles. The van der Waals surface area contributed by atoms with Gasteiger partial charge in [-0.25, -0.2) is 14.4 Å². The van der Waals surface area contributed by atoms with E-state index in [0.717, 1.165) is 0 Å². The number of hydrogen-bond acceptors (Lipinski definition) is 10. The maximum atomic E-state index is 15.1. The van der Waals surface area contributed by atoms with Crippen LogP contribution < -0.4 is 0 Å². The van der Waals surface area contributed by atoms with Crippen LogP contribution >= 0.6 is 0 Å². The fraction of sp³-hybridized carbons (Fsp3) is 0.500. The highest BCUT2D eigenvalue weighted by atomic mass is 32.2. The van der Waals surface area contributed by atoms with E-state index in [2.05, 4.69) is 0 Å². The zero-order valence-corrected chi connectivity index (χ0v) is 37.9. The first-order chi connectivity index (χ1) is 31.5. The van der Waals surface area contributed by atoms with Gasteiger partial charge in [0.25, 0.3) is 0 Å². The van der Waals surface area contributed by atoms with Crippen molar-refractivity contribution in [1.82, 2.24) is 0 Å². The van der Waals surface area contributed by atoms with Gasteiger partial charge in [-0.1, -0.05) is 109 Å². The van der Waals surface area contributed by atoms with E-state index in [1.807, 2.05) is 0 Å². The number of ether oxygens (including phenoxy) is 4. The Morgan fingerprint density at radius 3 is 1.33 bits per heavy atom. The minimum Gasteiger partial charge on any atom is -0.455 e. The number of esters is 4. The van der Waals surface area contributed by atoms with E-state index >= 15 is 8.78 Å². The smallest absolute Gasteiger partial charge is 0.405 e. The van der Waals surface area contributed by atoms with Gasteiger partial charge in [0.15, 0.2) is 6.10 Å². The minimum absolute atomic E-state index is 0.0221. The summed E-state index contributed by atoms with van der Waals surface area (Å²) in [6.45, 7) is 0.558. The highest BCUT2D eigenvalue weighted by Crippen LogP contribution is 2.68. The Hall–Kier alpha value is -4.11. The maximum Gasteiger partial charge on any atom is 0.405 e. The number of rotatable bonds is 19. The first-order valence-corrected chi connectivity index (χ1v) is 23.0. The molecule has 18 radical (unpaired) electrons. The number of carbonyl (C=O) groups is 4. The lowest BCUT2D eigenvalue weighted by Gasteiger charge is -2.66. The molecule has 4 saturated carbocycles. The van der Waals surface area contributed by atoms with Gasteiger partial charge in [-0.2, -0.15) is 17.2 Å². The lowest BCUT2D eigenvalue weighted by Crippen LogP contribution is -2.73. The van der Waals surface area contributed by atoms with E-state index in [1.165, 1.54) is 12.1 Å². The molecular formula is C44H41B9F2O11S. The van der Waals surface area contributed by atoms with Crippen molar-refractivity contribution in [2.24, 2.45) is 5.41 Å². The first-order valence-electron chi connectivity index (χ1n) is 21.5. The molecule has 23 heteroatoms. The average molecular weight is 913 g/mol. The van der Waals surface area contributed by atoms with Crippen LogP contribution in [0.2, 0.25) is 0 Å². The van der Waals surface area contributed by atoms with E-state index in [1.54, 1.807) is 24.3 Å². The summed E-state index contributed by atoms with van der Waals surface area (Å²) in [5.41, 5.74) is -4.49. The van der Waals surface area contributed by atoms with Crippen LogP contribution in [0.4, 0.5) is 8.78 Å². The predicted octanol–water partition coefficient (Wildman–Crippen LogP) is 2.57. The Labute approximate surface area is 401 Å². The molecule has 0 heterocycles. The standard InChI is InChI=1S/C44H41B9F2O11S/c1-23(44(54,55)67(60,61)62)63-39(59)40-17-41(64-36(56)30-6-24(8-45)4-28(12-49)32(30)14-51)20-42(18-40,65-37(57)31-7-25(9-46)5-29(13-50)33(31)15-52)22-43(19-40,21-41)66-38(58)35-27(11-48)3-2-26(10-47)34(35)16-53/h2-7,23H,8-22H2,1H3,(H,60,61,62). The summed E-state index contributed by atoms with van der Waals surface area (Å²) in [7, 11) is 48.5. The third-order valence-corrected chi connectivity index (χ3v) is 14.3. The van der Waals surface area contributed by atoms with Crippen LogP contribution in [0.3, 0.4) is 0 Å². The Morgan fingerprint density at radius 2 is 0.970 bits per heavy atom. The molecule has 67 heavy (non-hydrogen) atoms. The van der Waals surface area contributed by atoms with Gasteiger partial charge in [0, 0.05) is 38.5 Å². The molecule has 3 unspecified atom stereocenters. The van der Waals surface area contributed by atoms with Gasteiger partial charge in [-0.15, -0.1) is 0 Å². The molecule has 3 atom stereocenters. The number of benzene rings is 3. The largest absolute Gasteiger partial charge is 0.455 e. The second kappa shape index (κ2) is 19.7. The zero-order chi connectivity index (χ0) is 49.5. The number of alkyl halides is 2. The van der Waals surface area contributed by atoms with Crippen LogP contribution in [0.15, 0.2) is 36.4 Å². The molecule has 0 saturated heterocycles. The number of hydrogen-bond donors (Lipinski definition) is 1. The van der Waals surface area contributed by atoms with Crippen molar-refractivity contribution in [2.75, 3.05) is 0 Å². The lowest BCUT2D eigenvalue weighted by atomic mass is 9.44. The number of halogens is 2. The predicted molar refractivity (Wildman–Crippen MR) is 251 cm³/mol. The molecule has 0 aromatic heterocycles. The van der Waals surface area contributed by atoms with Crippen molar-refractivity contribution in [3.05, 3.63) is 103 Å². The summed E-state index contributed by atoms with van der Waals surface area (Å²) in [4.78, 5) is 59.1. The topological polar surface area (TPSA) is 160 Å². The van der Waals surface area contributed by atoms with Crippen LogP contribution in [0, 0.1) is 5.41 Å². The molecule has 0 spiro atoms. The molecule has 11 nitrogen and oxygen atoms in total. The molecule has 7 rings (SSSR count). The molecule has 330 valence electrons. The molecular weight excluding hydrogens is 872 g/mol. The normalized spacial score (nSPS) is 23.6. The van der Waals surface area contributed by atoms with Crippen molar-refractivity contribution in [3.63, 3.8) is 0 Å². The van der Waals surface area contributed by atoms with Crippen LogP contribution in [0.25, 0.3) is 0 Å². The average Bonchev–Trinajstić information content (AvgIpc) is 3.28. The zero-order valence-electron chi connectivity index (χ0n) is 37.0. The molecule has 0 amide bonds. The summed E-state index contributed by atoms with van der Waals surface area (Å²) in [6, 6.07) is 9.49. The number of carbonyl (C=O) groups excluding carboxylic acids is 4. The van der Waals surface area contributed by atoms with E-state index in [0.29, 0.717) is 57.0 Å². The van der Waals surface area contributed by atoms with Gasteiger partial charge in [-0.05, 0) is 41.3 Å². The van der Waals surface area contributed by atoms with Crippen LogP contribution in [-0.2, 0) is 90.7 Å². The van der Waals surface area contributed by atoms with Crippen molar-refractivity contribution >= 4 is 105 Å². The quantitative estimate of drug-likeness (QED) is 0.0816. The second-order valence-electron chi connectivity index (χ2n) is 17.8. The van der Waals surface area contributed by atoms with Gasteiger partial charge in [0.1, 0.15) is 16.8 Å². The van der Waals surface area contributed by atoms with E-state index < -0.39 is 86.8 Å². The summed E-state index contributed by atoms with van der Waals surface area (Å²) < 4.78 is 88.2. The monoisotopic (exact) mass is 914 g/mol. The van der Waals surface area contributed by atoms with E-state index in [-0.39, 0.29) is 92.8 Å². The van der Waals surface area contributed by atoms with Gasteiger partial charge >= 0.3 is 39.2 Å². The summed E-state index contributed by atoms with van der Waals surface area (Å²) >= 11 is 0. The molecule has 4 aliphatic carbocycles. The van der Waals surface area contributed by atoms with Gasteiger partial charge in [0.2, 0.25) is 0 Å². The van der Waals surface area contributed by atoms with Crippen molar-refractivity contribution in [3.8, 4) is 0 Å².